The Morgan fingerprint density at radius 2 is 1.39 bits per heavy atom. The van der Waals surface area contributed by atoms with Gasteiger partial charge in [0.05, 0.1) is 6.10 Å². The molecule has 1 rings (SSSR count). The Balaban J connectivity index is 2.35. The van der Waals surface area contributed by atoms with Crippen molar-refractivity contribution in [3.8, 4) is 11.5 Å². The predicted octanol–water partition coefficient (Wildman–Crippen LogP) is 6.39. The monoisotopic (exact) mass is 455 g/mol. The van der Waals surface area contributed by atoms with Gasteiger partial charge >= 0.3 is 0 Å². The molecule has 4 N–H and O–H groups in total. The first-order chi connectivity index (χ1) is 15.6. The van der Waals surface area contributed by atoms with E-state index in [9.17, 15) is 20.1 Å². The van der Waals surface area contributed by atoms with Crippen LogP contribution in [0.2, 0.25) is 0 Å². The number of hydrogen-bond acceptors (Lipinski definition) is 4. The van der Waals surface area contributed by atoms with Gasteiger partial charge in [0, 0.05) is 12.6 Å². The first-order valence-electron chi connectivity index (χ1n) is 11.7. The average molecular weight is 456 g/mol. The molecule has 1 unspecified atom stereocenters. The summed E-state index contributed by atoms with van der Waals surface area (Å²) in [6.45, 7) is 10.6. The second-order valence-electron chi connectivity index (χ2n) is 9.00. The summed E-state index contributed by atoms with van der Waals surface area (Å²) >= 11 is 0. The molecule has 1 aromatic rings. The molecular formula is C28H41NO4. The molecule has 0 saturated carbocycles. The highest BCUT2D eigenvalue weighted by molar-refractivity contribution is 5.88. The van der Waals surface area contributed by atoms with Crippen molar-refractivity contribution in [2.24, 2.45) is 0 Å². The van der Waals surface area contributed by atoms with Gasteiger partial charge in [-0.15, -0.1) is 0 Å². The van der Waals surface area contributed by atoms with Crippen molar-refractivity contribution < 1.29 is 20.1 Å². The maximum Gasteiger partial charge on any atom is 0.244 e. The highest BCUT2D eigenvalue weighted by Crippen LogP contribution is 2.27. The standard InChI is InChI=1S/C28H41NO4/c1-20(2)9-6-10-21(3)11-7-12-22(4)13-8-14-23(5)17-28(33)29-19-27(32)24-15-16-25(30)26(31)18-24/h9,11,13,15-18,27,30-32H,6-8,10,12,14,19H2,1-5H3,(H,29,33). The summed E-state index contributed by atoms with van der Waals surface area (Å²) in [5, 5.41) is 31.7. The summed E-state index contributed by atoms with van der Waals surface area (Å²) < 4.78 is 0. The van der Waals surface area contributed by atoms with Crippen molar-refractivity contribution in [3.63, 3.8) is 0 Å². The van der Waals surface area contributed by atoms with E-state index in [4.69, 9.17) is 0 Å². The van der Waals surface area contributed by atoms with Gasteiger partial charge in [0.25, 0.3) is 0 Å². The zero-order valence-electron chi connectivity index (χ0n) is 20.8. The van der Waals surface area contributed by atoms with Crippen molar-refractivity contribution >= 4 is 5.91 Å². The van der Waals surface area contributed by atoms with Gasteiger partial charge < -0.3 is 20.6 Å². The topological polar surface area (TPSA) is 89.8 Å². The van der Waals surface area contributed by atoms with Gasteiger partial charge in [-0.05, 0) is 90.8 Å². The van der Waals surface area contributed by atoms with Crippen LogP contribution in [0.15, 0.2) is 64.8 Å². The normalized spacial score (nSPS) is 13.6. The molecule has 0 spiro atoms. The number of phenolic OH excluding ortho intramolecular Hbond substituents is 2. The summed E-state index contributed by atoms with van der Waals surface area (Å²) in [5.74, 6) is -0.814. The second-order valence-corrected chi connectivity index (χ2v) is 9.00. The molecule has 0 aliphatic carbocycles. The summed E-state index contributed by atoms with van der Waals surface area (Å²) in [7, 11) is 0. The van der Waals surface area contributed by atoms with Gasteiger partial charge in [-0.1, -0.05) is 46.6 Å². The minimum Gasteiger partial charge on any atom is -0.504 e. The number of carbonyl (C=O) groups excluding carboxylic acids is 1. The van der Waals surface area contributed by atoms with E-state index >= 15 is 0 Å². The van der Waals surface area contributed by atoms with Crippen LogP contribution in [0.25, 0.3) is 0 Å². The van der Waals surface area contributed by atoms with Crippen LogP contribution < -0.4 is 5.32 Å². The van der Waals surface area contributed by atoms with Crippen LogP contribution in [0.4, 0.5) is 0 Å². The molecule has 5 nitrogen and oxygen atoms in total. The highest BCUT2D eigenvalue weighted by Gasteiger charge is 2.11. The minimum absolute atomic E-state index is 0.0209. The summed E-state index contributed by atoms with van der Waals surface area (Å²) in [6, 6.07) is 4.09. The number of hydrogen-bond donors (Lipinski definition) is 4. The Morgan fingerprint density at radius 3 is 1.94 bits per heavy atom. The molecule has 0 heterocycles. The number of nitrogens with one attached hydrogen (secondary N) is 1. The third-order valence-electron chi connectivity index (χ3n) is 5.39. The zero-order valence-corrected chi connectivity index (χ0v) is 20.8. The lowest BCUT2D eigenvalue weighted by Crippen LogP contribution is -2.27. The Kier molecular flexibility index (Phi) is 12.9. The molecule has 0 aliphatic heterocycles. The third-order valence-corrected chi connectivity index (χ3v) is 5.39. The molecule has 0 aromatic heterocycles. The number of amides is 1. The minimum atomic E-state index is -0.968. The van der Waals surface area contributed by atoms with Gasteiger partial charge in [0.1, 0.15) is 0 Å². The maximum absolute atomic E-state index is 12.1. The molecule has 0 fully saturated rings. The Morgan fingerprint density at radius 1 is 0.848 bits per heavy atom. The lowest BCUT2D eigenvalue weighted by atomic mass is 10.0. The van der Waals surface area contributed by atoms with E-state index < -0.39 is 6.10 Å². The lowest BCUT2D eigenvalue weighted by Gasteiger charge is -2.12. The van der Waals surface area contributed by atoms with Crippen molar-refractivity contribution in [3.05, 3.63) is 70.4 Å². The van der Waals surface area contributed by atoms with Gasteiger partial charge in [-0.25, -0.2) is 0 Å². The Labute approximate surface area is 199 Å². The molecule has 0 saturated heterocycles. The van der Waals surface area contributed by atoms with Gasteiger partial charge in [-0.3, -0.25) is 4.79 Å². The molecule has 1 atom stereocenters. The summed E-state index contributed by atoms with van der Waals surface area (Å²) in [4.78, 5) is 12.1. The summed E-state index contributed by atoms with van der Waals surface area (Å²) in [5.41, 5.74) is 5.57. The molecule has 0 bridgehead atoms. The van der Waals surface area contributed by atoms with E-state index in [1.54, 1.807) is 6.08 Å². The van der Waals surface area contributed by atoms with Crippen LogP contribution in [0.1, 0.15) is 84.8 Å². The molecule has 33 heavy (non-hydrogen) atoms. The SMILES string of the molecule is CC(C)=CCCC(C)=CCCC(C)=CCCC(C)=CC(=O)NCC(O)c1ccc(O)c(O)c1. The van der Waals surface area contributed by atoms with Crippen molar-refractivity contribution in [2.45, 2.75) is 79.2 Å². The van der Waals surface area contributed by atoms with Gasteiger partial charge in [0.2, 0.25) is 5.91 Å². The Hall–Kier alpha value is -2.79. The first kappa shape index (κ1) is 28.2. The van der Waals surface area contributed by atoms with E-state index in [2.05, 4.69) is 51.2 Å². The van der Waals surface area contributed by atoms with Crippen LogP contribution in [0.5, 0.6) is 11.5 Å². The quantitative estimate of drug-likeness (QED) is 0.157. The number of aromatic hydroxyl groups is 2. The fraction of sp³-hybridized carbons (Fsp3) is 0.464. The number of aliphatic hydroxyl groups is 1. The molecule has 1 amide bonds. The largest absolute Gasteiger partial charge is 0.504 e. The number of aliphatic hydroxyl groups excluding tert-OH is 1. The summed E-state index contributed by atoms with van der Waals surface area (Å²) in [6.07, 6.45) is 13.5. The number of benzene rings is 1. The van der Waals surface area contributed by atoms with Crippen molar-refractivity contribution in [2.75, 3.05) is 6.54 Å². The molecule has 0 radical (unpaired) electrons. The first-order valence-corrected chi connectivity index (χ1v) is 11.7. The predicted molar refractivity (Wildman–Crippen MR) is 136 cm³/mol. The molecular weight excluding hydrogens is 414 g/mol. The number of carbonyl (C=O) groups is 1. The van der Waals surface area contributed by atoms with E-state index in [0.717, 1.165) is 44.1 Å². The fourth-order valence-electron chi connectivity index (χ4n) is 3.29. The highest BCUT2D eigenvalue weighted by atomic mass is 16.3. The molecule has 0 aliphatic rings. The Bertz CT molecular complexity index is 889. The number of rotatable bonds is 13. The van der Waals surface area contributed by atoms with Crippen molar-refractivity contribution in [1.29, 1.82) is 0 Å². The van der Waals surface area contributed by atoms with E-state index in [1.165, 1.54) is 34.9 Å². The van der Waals surface area contributed by atoms with Crippen molar-refractivity contribution in [1.82, 2.24) is 5.32 Å². The number of phenols is 2. The van der Waals surface area contributed by atoms with Gasteiger partial charge in [0.15, 0.2) is 11.5 Å². The zero-order chi connectivity index (χ0) is 24.8. The van der Waals surface area contributed by atoms with E-state index in [1.807, 2.05) is 6.92 Å². The third kappa shape index (κ3) is 12.7. The second kappa shape index (κ2) is 15.1. The van der Waals surface area contributed by atoms with Crippen LogP contribution in [0.3, 0.4) is 0 Å². The maximum atomic E-state index is 12.1. The average Bonchev–Trinajstić information content (AvgIpc) is 2.73. The number of allylic oxidation sites excluding steroid dienone is 7. The van der Waals surface area contributed by atoms with E-state index in [0.29, 0.717) is 5.56 Å². The van der Waals surface area contributed by atoms with Crippen LogP contribution in [-0.4, -0.2) is 27.8 Å². The lowest BCUT2D eigenvalue weighted by molar-refractivity contribution is -0.117. The molecule has 182 valence electrons. The fourth-order valence-corrected chi connectivity index (χ4v) is 3.29. The van der Waals surface area contributed by atoms with Crippen LogP contribution >= 0.6 is 0 Å². The molecule has 5 heteroatoms. The smallest absolute Gasteiger partial charge is 0.244 e. The molecule has 1 aromatic carbocycles. The van der Waals surface area contributed by atoms with E-state index in [-0.39, 0.29) is 24.0 Å². The van der Waals surface area contributed by atoms with Crippen LogP contribution in [-0.2, 0) is 4.79 Å². The van der Waals surface area contributed by atoms with Crippen LogP contribution in [0, 0.1) is 0 Å². The van der Waals surface area contributed by atoms with Gasteiger partial charge in [-0.2, -0.15) is 0 Å².